The summed E-state index contributed by atoms with van der Waals surface area (Å²) in [4.78, 5) is 16.6. The van der Waals surface area contributed by atoms with Crippen molar-refractivity contribution in [1.29, 1.82) is 0 Å². The Kier molecular flexibility index (Phi) is 4.02. The molecule has 18 heavy (non-hydrogen) atoms. The second-order valence-corrected chi connectivity index (χ2v) is 5.32. The van der Waals surface area contributed by atoms with Gasteiger partial charge in [-0.05, 0) is 52.0 Å². The summed E-state index contributed by atoms with van der Waals surface area (Å²) in [5.74, 6) is 0.147. The molecule has 0 unspecified atom stereocenters. The molecular formula is C15H22N2O. The van der Waals surface area contributed by atoms with Crippen molar-refractivity contribution in [2.75, 3.05) is 27.2 Å². The third-order valence-corrected chi connectivity index (χ3v) is 3.82. The van der Waals surface area contributed by atoms with E-state index in [1.165, 1.54) is 0 Å². The van der Waals surface area contributed by atoms with Crippen LogP contribution in [0.2, 0.25) is 0 Å². The molecule has 1 aromatic rings. The van der Waals surface area contributed by atoms with E-state index < -0.39 is 0 Å². The lowest BCUT2D eigenvalue weighted by Crippen LogP contribution is -2.44. The highest BCUT2D eigenvalue weighted by Crippen LogP contribution is 2.17. The van der Waals surface area contributed by atoms with Crippen molar-refractivity contribution in [2.24, 2.45) is 0 Å². The molecule has 0 spiro atoms. The number of carbonyl (C=O) groups is 1. The fourth-order valence-electron chi connectivity index (χ4n) is 2.53. The molecule has 1 aliphatic rings. The lowest BCUT2D eigenvalue weighted by Gasteiger charge is -2.35. The van der Waals surface area contributed by atoms with E-state index in [0.29, 0.717) is 6.04 Å². The summed E-state index contributed by atoms with van der Waals surface area (Å²) in [7, 11) is 4.07. The molecule has 0 aromatic heterocycles. The molecule has 0 saturated carbocycles. The van der Waals surface area contributed by atoms with Crippen LogP contribution in [0.15, 0.2) is 24.3 Å². The normalized spacial score (nSPS) is 17.7. The quantitative estimate of drug-likeness (QED) is 0.798. The molecule has 2 rings (SSSR count). The van der Waals surface area contributed by atoms with Gasteiger partial charge in [0, 0.05) is 18.7 Å². The first kappa shape index (κ1) is 13.1. The van der Waals surface area contributed by atoms with Gasteiger partial charge < -0.3 is 9.80 Å². The molecule has 1 heterocycles. The van der Waals surface area contributed by atoms with Gasteiger partial charge in [0.05, 0.1) is 0 Å². The van der Waals surface area contributed by atoms with Crippen LogP contribution in [0.3, 0.4) is 0 Å². The summed E-state index contributed by atoms with van der Waals surface area (Å²) < 4.78 is 0. The average Bonchev–Trinajstić information content (AvgIpc) is 2.38. The van der Waals surface area contributed by atoms with Crippen LogP contribution in [-0.4, -0.2) is 48.9 Å². The third-order valence-electron chi connectivity index (χ3n) is 3.82. The lowest BCUT2D eigenvalue weighted by atomic mass is 10.0. The first-order valence-electron chi connectivity index (χ1n) is 6.60. The van der Waals surface area contributed by atoms with E-state index in [9.17, 15) is 4.79 Å². The van der Waals surface area contributed by atoms with Crippen molar-refractivity contribution < 1.29 is 4.79 Å². The number of rotatable bonds is 2. The molecule has 0 atom stereocenters. The molecule has 1 amide bonds. The second kappa shape index (κ2) is 5.53. The van der Waals surface area contributed by atoms with Gasteiger partial charge in [-0.2, -0.15) is 0 Å². The predicted octanol–water partition coefficient (Wildman–Crippen LogP) is 2.16. The van der Waals surface area contributed by atoms with Crippen LogP contribution in [0, 0.1) is 6.92 Å². The van der Waals surface area contributed by atoms with Crippen molar-refractivity contribution in [3.63, 3.8) is 0 Å². The predicted molar refractivity (Wildman–Crippen MR) is 73.8 cm³/mol. The Bertz CT molecular complexity index is 422. The van der Waals surface area contributed by atoms with Crippen molar-refractivity contribution in [3.05, 3.63) is 35.4 Å². The highest BCUT2D eigenvalue weighted by atomic mass is 16.2. The Morgan fingerprint density at radius 3 is 2.61 bits per heavy atom. The summed E-state index contributed by atoms with van der Waals surface area (Å²) >= 11 is 0. The summed E-state index contributed by atoms with van der Waals surface area (Å²) in [5.41, 5.74) is 1.94. The zero-order valence-corrected chi connectivity index (χ0v) is 11.5. The summed E-state index contributed by atoms with van der Waals surface area (Å²) in [6.07, 6.45) is 2.15. The van der Waals surface area contributed by atoms with E-state index in [1.807, 2.05) is 43.1 Å². The average molecular weight is 246 g/mol. The van der Waals surface area contributed by atoms with Crippen LogP contribution in [0.4, 0.5) is 0 Å². The number of hydrogen-bond donors (Lipinski definition) is 0. The number of carbonyl (C=O) groups excluding carboxylic acids is 1. The molecule has 98 valence electrons. The minimum atomic E-state index is 0.147. The highest BCUT2D eigenvalue weighted by molar-refractivity contribution is 5.94. The highest BCUT2D eigenvalue weighted by Gasteiger charge is 2.24. The molecule has 0 radical (unpaired) electrons. The fraction of sp³-hybridized carbons (Fsp3) is 0.533. The Balaban J connectivity index is 2.04. The number of benzene rings is 1. The first-order chi connectivity index (χ1) is 8.58. The maximum Gasteiger partial charge on any atom is 0.253 e. The molecule has 1 saturated heterocycles. The number of nitrogens with zero attached hydrogens (tertiary/aromatic N) is 2. The Morgan fingerprint density at radius 2 is 2.00 bits per heavy atom. The minimum Gasteiger partial charge on any atom is -0.339 e. The van der Waals surface area contributed by atoms with Gasteiger partial charge in [-0.25, -0.2) is 0 Å². The van der Waals surface area contributed by atoms with Crippen LogP contribution in [0.5, 0.6) is 0 Å². The van der Waals surface area contributed by atoms with Gasteiger partial charge in [0.25, 0.3) is 5.91 Å². The van der Waals surface area contributed by atoms with Gasteiger partial charge in [-0.3, -0.25) is 4.79 Å². The monoisotopic (exact) mass is 246 g/mol. The lowest BCUT2D eigenvalue weighted by molar-refractivity contribution is 0.0659. The third kappa shape index (κ3) is 2.91. The smallest absolute Gasteiger partial charge is 0.253 e. The fourth-order valence-corrected chi connectivity index (χ4v) is 2.53. The van der Waals surface area contributed by atoms with E-state index in [-0.39, 0.29) is 5.91 Å². The van der Waals surface area contributed by atoms with Gasteiger partial charge in [-0.15, -0.1) is 0 Å². The Morgan fingerprint density at radius 1 is 1.33 bits per heavy atom. The van der Waals surface area contributed by atoms with Crippen LogP contribution in [0.25, 0.3) is 0 Å². The SMILES string of the molecule is Cc1cccc(C(=O)N(C)C2CCN(C)CC2)c1. The molecule has 3 heteroatoms. The number of piperidine rings is 1. The molecule has 1 aliphatic heterocycles. The van der Waals surface area contributed by atoms with Crippen molar-refractivity contribution >= 4 is 5.91 Å². The minimum absolute atomic E-state index is 0.147. The number of amides is 1. The van der Waals surface area contributed by atoms with Crippen LogP contribution in [-0.2, 0) is 0 Å². The van der Waals surface area contributed by atoms with Gasteiger partial charge in [-0.1, -0.05) is 17.7 Å². The first-order valence-corrected chi connectivity index (χ1v) is 6.60. The van der Waals surface area contributed by atoms with E-state index in [4.69, 9.17) is 0 Å². The maximum absolute atomic E-state index is 12.4. The molecule has 1 fully saturated rings. The van der Waals surface area contributed by atoms with E-state index in [1.54, 1.807) is 0 Å². The number of aryl methyl sites for hydroxylation is 1. The van der Waals surface area contributed by atoms with Gasteiger partial charge in [0.2, 0.25) is 0 Å². The maximum atomic E-state index is 12.4. The molecule has 3 nitrogen and oxygen atoms in total. The molecule has 0 bridgehead atoms. The standard InChI is InChI=1S/C15H22N2O/c1-12-5-4-6-13(11-12)15(18)17(3)14-7-9-16(2)10-8-14/h4-6,11,14H,7-10H2,1-3H3. The van der Waals surface area contributed by atoms with Gasteiger partial charge in [0.1, 0.15) is 0 Å². The van der Waals surface area contributed by atoms with E-state index >= 15 is 0 Å². The molecular weight excluding hydrogens is 224 g/mol. The van der Waals surface area contributed by atoms with E-state index in [0.717, 1.165) is 37.1 Å². The zero-order chi connectivity index (χ0) is 13.1. The number of likely N-dealkylation sites (tertiary alicyclic amines) is 1. The summed E-state index contributed by atoms with van der Waals surface area (Å²) in [5, 5.41) is 0. The van der Waals surface area contributed by atoms with Crippen molar-refractivity contribution in [3.8, 4) is 0 Å². The van der Waals surface area contributed by atoms with Crippen molar-refractivity contribution in [2.45, 2.75) is 25.8 Å². The number of hydrogen-bond acceptors (Lipinski definition) is 2. The van der Waals surface area contributed by atoms with Gasteiger partial charge in [0.15, 0.2) is 0 Å². The molecule has 0 aliphatic carbocycles. The summed E-state index contributed by atoms with van der Waals surface area (Å²) in [6.45, 7) is 4.18. The van der Waals surface area contributed by atoms with Crippen LogP contribution in [0.1, 0.15) is 28.8 Å². The molecule has 0 N–H and O–H groups in total. The van der Waals surface area contributed by atoms with Gasteiger partial charge >= 0.3 is 0 Å². The van der Waals surface area contributed by atoms with Crippen LogP contribution < -0.4 is 0 Å². The summed E-state index contributed by atoms with van der Waals surface area (Å²) in [6, 6.07) is 8.22. The largest absolute Gasteiger partial charge is 0.339 e. The zero-order valence-electron chi connectivity index (χ0n) is 11.5. The van der Waals surface area contributed by atoms with E-state index in [2.05, 4.69) is 11.9 Å². The topological polar surface area (TPSA) is 23.6 Å². The Labute approximate surface area is 109 Å². The molecule has 1 aromatic carbocycles. The second-order valence-electron chi connectivity index (χ2n) is 5.32. The Hall–Kier alpha value is -1.35. The van der Waals surface area contributed by atoms with Crippen LogP contribution >= 0.6 is 0 Å². The van der Waals surface area contributed by atoms with Crippen molar-refractivity contribution in [1.82, 2.24) is 9.80 Å².